The Labute approximate surface area is 102 Å². The number of likely N-dealkylation sites (N-methyl/N-ethyl adjacent to an activating group) is 1. The lowest BCUT2D eigenvalue weighted by Gasteiger charge is -2.16. The molecule has 0 unspecified atom stereocenters. The van der Waals surface area contributed by atoms with Crippen LogP contribution in [0.1, 0.15) is 10.4 Å². The number of nitrogens with zero attached hydrogens (tertiary/aromatic N) is 1. The van der Waals surface area contributed by atoms with Gasteiger partial charge in [0.05, 0.1) is 5.56 Å². The molecule has 98 valence electrons. The van der Waals surface area contributed by atoms with Gasteiger partial charge in [-0.15, -0.1) is 0 Å². The number of carboxylic acid groups (broad SMARTS) is 1. The van der Waals surface area contributed by atoms with E-state index in [1.54, 1.807) is 0 Å². The molecule has 1 aromatic rings. The van der Waals surface area contributed by atoms with Gasteiger partial charge >= 0.3 is 12.6 Å². The summed E-state index contributed by atoms with van der Waals surface area (Å²) < 4.78 is 28.5. The number of rotatable bonds is 5. The second kappa shape index (κ2) is 5.95. The Morgan fingerprint density at radius 3 is 2.56 bits per heavy atom. The van der Waals surface area contributed by atoms with Crippen molar-refractivity contribution < 1.29 is 28.2 Å². The van der Waals surface area contributed by atoms with Crippen LogP contribution in [-0.2, 0) is 4.79 Å². The molecule has 5 nitrogen and oxygen atoms in total. The lowest BCUT2D eigenvalue weighted by molar-refractivity contribution is -0.137. The lowest BCUT2D eigenvalue weighted by Crippen LogP contribution is -2.32. The molecule has 7 heteroatoms. The molecule has 0 aromatic heterocycles. The van der Waals surface area contributed by atoms with Gasteiger partial charge in [-0.05, 0) is 12.1 Å². The van der Waals surface area contributed by atoms with Gasteiger partial charge in [-0.2, -0.15) is 8.78 Å². The van der Waals surface area contributed by atoms with Crippen molar-refractivity contribution in [3.63, 3.8) is 0 Å². The summed E-state index contributed by atoms with van der Waals surface area (Å²) in [6, 6.07) is 5.41. The standard InChI is InChI=1S/C11H11F2NO4/c1-14(6-9(15)16)10(17)7-4-2-3-5-8(7)18-11(12)13/h2-5,11H,6H2,1H3,(H,15,16). The fourth-order valence-electron chi connectivity index (χ4n) is 1.32. The molecule has 1 amide bonds. The topological polar surface area (TPSA) is 66.8 Å². The Balaban J connectivity index is 2.94. The molecule has 0 aliphatic rings. The molecule has 0 saturated carbocycles. The molecular weight excluding hydrogens is 248 g/mol. The molecule has 0 aliphatic heterocycles. The minimum atomic E-state index is -3.05. The maximum absolute atomic E-state index is 12.1. The van der Waals surface area contributed by atoms with Gasteiger partial charge in [-0.25, -0.2) is 0 Å². The summed E-state index contributed by atoms with van der Waals surface area (Å²) in [5, 5.41) is 8.55. The lowest BCUT2D eigenvalue weighted by atomic mass is 10.2. The zero-order valence-corrected chi connectivity index (χ0v) is 9.47. The Kier molecular flexibility index (Phi) is 4.59. The molecule has 0 radical (unpaired) electrons. The van der Waals surface area contributed by atoms with Crippen molar-refractivity contribution in [3.8, 4) is 5.75 Å². The first-order chi connectivity index (χ1) is 8.41. The van der Waals surface area contributed by atoms with Gasteiger partial charge in [0.1, 0.15) is 12.3 Å². The van der Waals surface area contributed by atoms with E-state index in [2.05, 4.69) is 4.74 Å². The molecule has 18 heavy (non-hydrogen) atoms. The number of amides is 1. The van der Waals surface area contributed by atoms with Crippen LogP contribution in [0.5, 0.6) is 5.75 Å². The van der Waals surface area contributed by atoms with Crippen LogP contribution in [0.25, 0.3) is 0 Å². The molecule has 0 bridgehead atoms. The largest absolute Gasteiger partial charge is 0.480 e. The van der Waals surface area contributed by atoms with Gasteiger partial charge in [0.2, 0.25) is 0 Å². The van der Waals surface area contributed by atoms with Crippen LogP contribution < -0.4 is 4.74 Å². The number of hydrogen-bond acceptors (Lipinski definition) is 3. The van der Waals surface area contributed by atoms with Gasteiger partial charge in [0, 0.05) is 7.05 Å². The van der Waals surface area contributed by atoms with Crippen LogP contribution in [0.3, 0.4) is 0 Å². The van der Waals surface area contributed by atoms with Crippen molar-refractivity contribution in [1.29, 1.82) is 0 Å². The molecule has 0 saturated heterocycles. The number of carbonyl (C=O) groups is 2. The summed E-state index contributed by atoms with van der Waals surface area (Å²) in [6.45, 7) is -3.58. The van der Waals surface area contributed by atoms with Crippen molar-refractivity contribution >= 4 is 11.9 Å². The summed E-state index contributed by atoms with van der Waals surface area (Å²) in [4.78, 5) is 23.2. The van der Waals surface area contributed by atoms with Crippen LogP contribution in [0.4, 0.5) is 8.78 Å². The average molecular weight is 259 g/mol. The van der Waals surface area contributed by atoms with E-state index in [-0.39, 0.29) is 11.3 Å². The predicted molar refractivity (Wildman–Crippen MR) is 57.7 cm³/mol. The molecule has 1 N–H and O–H groups in total. The van der Waals surface area contributed by atoms with E-state index in [4.69, 9.17) is 5.11 Å². The number of aliphatic carboxylic acids is 1. The summed E-state index contributed by atoms with van der Waals surface area (Å²) in [5.41, 5.74) is -0.110. The van der Waals surface area contributed by atoms with E-state index in [1.165, 1.54) is 31.3 Å². The summed E-state index contributed by atoms with van der Waals surface area (Å²) in [5.74, 6) is -2.18. The highest BCUT2D eigenvalue weighted by Crippen LogP contribution is 2.21. The van der Waals surface area contributed by atoms with E-state index in [1.807, 2.05) is 0 Å². The zero-order valence-electron chi connectivity index (χ0n) is 9.47. The Bertz CT molecular complexity index is 450. The third kappa shape index (κ3) is 3.69. The second-order valence-corrected chi connectivity index (χ2v) is 3.43. The maximum Gasteiger partial charge on any atom is 0.387 e. The monoisotopic (exact) mass is 259 g/mol. The number of ether oxygens (including phenoxy) is 1. The average Bonchev–Trinajstić information content (AvgIpc) is 2.27. The highest BCUT2D eigenvalue weighted by atomic mass is 19.3. The SMILES string of the molecule is CN(CC(=O)O)C(=O)c1ccccc1OC(F)F. The van der Waals surface area contributed by atoms with Gasteiger partial charge in [-0.1, -0.05) is 12.1 Å². The fraction of sp³-hybridized carbons (Fsp3) is 0.273. The molecule has 1 aromatic carbocycles. The minimum absolute atomic E-state index is 0.110. The van der Waals surface area contributed by atoms with Crippen LogP contribution in [0, 0.1) is 0 Å². The van der Waals surface area contributed by atoms with Gasteiger partial charge < -0.3 is 14.7 Å². The quantitative estimate of drug-likeness (QED) is 0.869. The van der Waals surface area contributed by atoms with Crippen molar-refractivity contribution in [1.82, 2.24) is 4.90 Å². The fourth-order valence-corrected chi connectivity index (χ4v) is 1.32. The predicted octanol–water partition coefficient (Wildman–Crippen LogP) is 1.44. The van der Waals surface area contributed by atoms with E-state index < -0.39 is 25.0 Å². The number of carboxylic acids is 1. The zero-order chi connectivity index (χ0) is 13.7. The Morgan fingerprint density at radius 2 is 2.00 bits per heavy atom. The van der Waals surface area contributed by atoms with Crippen LogP contribution in [0.15, 0.2) is 24.3 Å². The number of alkyl halides is 2. The molecule has 0 fully saturated rings. The van der Waals surface area contributed by atoms with Crippen molar-refractivity contribution in [2.75, 3.05) is 13.6 Å². The number of halogens is 2. The highest BCUT2D eigenvalue weighted by Gasteiger charge is 2.19. The molecule has 0 atom stereocenters. The van der Waals surface area contributed by atoms with Gasteiger partial charge in [-0.3, -0.25) is 9.59 Å². The van der Waals surface area contributed by atoms with Gasteiger partial charge in [0.15, 0.2) is 0 Å². The van der Waals surface area contributed by atoms with E-state index >= 15 is 0 Å². The first kappa shape index (κ1) is 13.9. The molecule has 0 aliphatic carbocycles. The third-order valence-electron chi connectivity index (χ3n) is 2.05. The van der Waals surface area contributed by atoms with Crippen molar-refractivity contribution in [2.24, 2.45) is 0 Å². The smallest absolute Gasteiger partial charge is 0.387 e. The molecular formula is C11H11F2NO4. The first-order valence-corrected chi connectivity index (χ1v) is 4.93. The number of carbonyl (C=O) groups excluding carboxylic acids is 1. The van der Waals surface area contributed by atoms with Crippen LogP contribution >= 0.6 is 0 Å². The van der Waals surface area contributed by atoms with Crippen molar-refractivity contribution in [2.45, 2.75) is 6.61 Å². The second-order valence-electron chi connectivity index (χ2n) is 3.43. The maximum atomic E-state index is 12.1. The molecule has 1 rings (SSSR count). The normalized spacial score (nSPS) is 10.2. The Hall–Kier alpha value is -2.18. The van der Waals surface area contributed by atoms with Crippen molar-refractivity contribution in [3.05, 3.63) is 29.8 Å². The van der Waals surface area contributed by atoms with Gasteiger partial charge in [0.25, 0.3) is 5.91 Å². The molecule has 0 heterocycles. The third-order valence-corrected chi connectivity index (χ3v) is 2.05. The Morgan fingerprint density at radius 1 is 1.39 bits per heavy atom. The van der Waals surface area contributed by atoms with E-state index in [9.17, 15) is 18.4 Å². The summed E-state index contributed by atoms with van der Waals surface area (Å²) in [6.07, 6.45) is 0. The number of hydrogen-bond donors (Lipinski definition) is 1. The van der Waals surface area contributed by atoms with Crippen LogP contribution in [0.2, 0.25) is 0 Å². The molecule has 0 spiro atoms. The van der Waals surface area contributed by atoms with E-state index in [0.717, 1.165) is 4.90 Å². The minimum Gasteiger partial charge on any atom is -0.480 e. The number of para-hydroxylation sites is 1. The summed E-state index contributed by atoms with van der Waals surface area (Å²) >= 11 is 0. The first-order valence-electron chi connectivity index (χ1n) is 4.93. The van der Waals surface area contributed by atoms with Crippen LogP contribution in [-0.4, -0.2) is 42.1 Å². The highest BCUT2D eigenvalue weighted by molar-refractivity contribution is 5.98. The van der Waals surface area contributed by atoms with E-state index in [0.29, 0.717) is 0 Å². The number of benzene rings is 1. The summed E-state index contributed by atoms with van der Waals surface area (Å²) in [7, 11) is 1.26.